The van der Waals surface area contributed by atoms with Crippen LogP contribution in [0.5, 0.6) is 5.75 Å². The molecule has 1 aromatic rings. The van der Waals surface area contributed by atoms with Gasteiger partial charge in [-0.25, -0.2) is 8.78 Å². The third-order valence-electron chi connectivity index (χ3n) is 1.55. The highest BCUT2D eigenvalue weighted by Crippen LogP contribution is 2.31. The molecule has 0 aliphatic rings. The third kappa shape index (κ3) is 2.49. The van der Waals surface area contributed by atoms with Gasteiger partial charge in [0, 0.05) is 6.07 Å². The van der Waals surface area contributed by atoms with Crippen LogP contribution in [0.1, 0.15) is 12.1 Å². The van der Waals surface area contributed by atoms with Crippen LogP contribution in [0.25, 0.3) is 0 Å². The van der Waals surface area contributed by atoms with Crippen LogP contribution < -0.4 is 4.74 Å². The lowest BCUT2D eigenvalue weighted by Crippen LogP contribution is -2.02. The molecule has 15 heavy (non-hydrogen) atoms. The predicted molar refractivity (Wildman–Crippen MR) is 55.1 cm³/mol. The fourth-order valence-electron chi connectivity index (χ4n) is 0.910. The number of halogens is 3. The average Bonchev–Trinajstić information content (AvgIpc) is 2.16. The summed E-state index contributed by atoms with van der Waals surface area (Å²) in [7, 11) is 1.21. The Labute approximate surface area is 96.7 Å². The van der Waals surface area contributed by atoms with Gasteiger partial charge in [-0.05, 0) is 32.5 Å². The Kier molecular flexibility index (Phi) is 3.72. The van der Waals surface area contributed by atoms with Crippen molar-refractivity contribution in [2.45, 2.75) is 6.43 Å². The summed E-state index contributed by atoms with van der Waals surface area (Å²) in [5, 5.41) is 10.5. The SMILES string of the molecule is COc1cc(I)c(C(F)F)nc1[N+](=O)[O-]. The van der Waals surface area contributed by atoms with Crippen LogP contribution in [0.3, 0.4) is 0 Å². The molecule has 0 saturated carbocycles. The van der Waals surface area contributed by atoms with E-state index in [-0.39, 0.29) is 9.32 Å². The third-order valence-corrected chi connectivity index (χ3v) is 2.41. The van der Waals surface area contributed by atoms with Gasteiger partial charge in [0.25, 0.3) is 0 Å². The highest BCUT2D eigenvalue weighted by molar-refractivity contribution is 14.1. The van der Waals surface area contributed by atoms with Gasteiger partial charge in [0.15, 0.2) is 0 Å². The molecule has 0 fully saturated rings. The van der Waals surface area contributed by atoms with Gasteiger partial charge < -0.3 is 14.9 Å². The lowest BCUT2D eigenvalue weighted by atomic mass is 10.3. The molecule has 5 nitrogen and oxygen atoms in total. The maximum absolute atomic E-state index is 12.4. The van der Waals surface area contributed by atoms with E-state index in [0.717, 1.165) is 6.07 Å². The molecular weight excluding hydrogens is 325 g/mol. The summed E-state index contributed by atoms with van der Waals surface area (Å²) >= 11 is 1.62. The molecule has 0 aliphatic heterocycles. The zero-order valence-electron chi connectivity index (χ0n) is 7.41. The Morgan fingerprint density at radius 3 is 2.67 bits per heavy atom. The van der Waals surface area contributed by atoms with Crippen LogP contribution in [0.15, 0.2) is 6.07 Å². The predicted octanol–water partition coefficient (Wildman–Crippen LogP) is 2.54. The van der Waals surface area contributed by atoms with E-state index in [1.54, 1.807) is 22.6 Å². The zero-order chi connectivity index (χ0) is 11.6. The van der Waals surface area contributed by atoms with Crippen LogP contribution in [-0.4, -0.2) is 17.0 Å². The van der Waals surface area contributed by atoms with E-state index in [9.17, 15) is 18.9 Å². The van der Waals surface area contributed by atoms with Crippen molar-refractivity contribution in [2.75, 3.05) is 7.11 Å². The number of pyridine rings is 1. The van der Waals surface area contributed by atoms with Gasteiger partial charge in [0.2, 0.25) is 11.4 Å². The molecule has 0 saturated heterocycles. The molecule has 0 radical (unpaired) electrons. The number of rotatable bonds is 3. The molecule has 0 aliphatic carbocycles. The summed E-state index contributed by atoms with van der Waals surface area (Å²) in [6.45, 7) is 0. The number of ether oxygens (including phenoxy) is 1. The standard InChI is InChI=1S/C7H5F2IN2O3/c1-15-4-2-3(10)5(6(8)9)11-7(4)12(13)14/h2,6H,1H3. The van der Waals surface area contributed by atoms with Crippen molar-refractivity contribution in [3.63, 3.8) is 0 Å². The van der Waals surface area contributed by atoms with Crippen molar-refractivity contribution in [2.24, 2.45) is 0 Å². The van der Waals surface area contributed by atoms with Crippen molar-refractivity contribution in [3.05, 3.63) is 25.4 Å². The molecular formula is C7H5F2IN2O3. The van der Waals surface area contributed by atoms with Gasteiger partial charge in [-0.2, -0.15) is 0 Å². The Morgan fingerprint density at radius 1 is 1.67 bits per heavy atom. The fourth-order valence-corrected chi connectivity index (χ4v) is 1.55. The van der Waals surface area contributed by atoms with Crippen LogP contribution in [0.4, 0.5) is 14.6 Å². The van der Waals surface area contributed by atoms with Crippen molar-refractivity contribution in [1.29, 1.82) is 0 Å². The van der Waals surface area contributed by atoms with E-state index >= 15 is 0 Å². The van der Waals surface area contributed by atoms with Crippen molar-refractivity contribution in [3.8, 4) is 5.75 Å². The highest BCUT2D eigenvalue weighted by Gasteiger charge is 2.26. The van der Waals surface area contributed by atoms with Gasteiger partial charge >= 0.3 is 12.2 Å². The molecule has 0 aromatic carbocycles. The Balaban J connectivity index is 3.37. The first-order chi connectivity index (χ1) is 6.97. The van der Waals surface area contributed by atoms with E-state index in [2.05, 4.69) is 9.72 Å². The van der Waals surface area contributed by atoms with E-state index in [1.807, 2.05) is 0 Å². The Morgan fingerprint density at radius 2 is 2.27 bits per heavy atom. The maximum atomic E-state index is 12.4. The molecule has 1 heterocycles. The summed E-state index contributed by atoms with van der Waals surface area (Å²) < 4.78 is 29.6. The van der Waals surface area contributed by atoms with Crippen LogP contribution in [-0.2, 0) is 0 Å². The molecule has 82 valence electrons. The van der Waals surface area contributed by atoms with Crippen LogP contribution in [0, 0.1) is 13.7 Å². The molecule has 0 bridgehead atoms. The lowest BCUT2D eigenvalue weighted by molar-refractivity contribution is -0.390. The van der Waals surface area contributed by atoms with Crippen LogP contribution >= 0.6 is 22.6 Å². The Hall–Kier alpha value is -1.06. The van der Waals surface area contributed by atoms with Crippen molar-refractivity contribution >= 4 is 28.4 Å². The second kappa shape index (κ2) is 4.64. The van der Waals surface area contributed by atoms with Gasteiger partial charge in [0.1, 0.15) is 0 Å². The minimum absolute atomic E-state index is 0.130. The number of hydrogen-bond donors (Lipinski definition) is 0. The zero-order valence-corrected chi connectivity index (χ0v) is 9.57. The second-order valence-electron chi connectivity index (χ2n) is 2.44. The summed E-state index contributed by atoms with van der Waals surface area (Å²) in [6, 6.07) is 1.16. The smallest absolute Gasteiger partial charge is 0.406 e. The van der Waals surface area contributed by atoms with E-state index in [1.165, 1.54) is 7.11 Å². The molecule has 0 atom stereocenters. The topological polar surface area (TPSA) is 65.3 Å². The second-order valence-corrected chi connectivity index (χ2v) is 3.60. The number of methoxy groups -OCH3 is 1. The Bertz CT molecular complexity index is 400. The van der Waals surface area contributed by atoms with Crippen LogP contribution in [0.2, 0.25) is 0 Å². The van der Waals surface area contributed by atoms with Crippen molar-refractivity contribution in [1.82, 2.24) is 4.98 Å². The monoisotopic (exact) mass is 330 g/mol. The molecule has 0 N–H and O–H groups in total. The summed E-state index contributed by atoms with van der Waals surface area (Å²) in [5.41, 5.74) is -0.608. The number of aromatic nitrogens is 1. The van der Waals surface area contributed by atoms with Crippen molar-refractivity contribution < 1.29 is 18.4 Å². The quantitative estimate of drug-likeness (QED) is 0.485. The summed E-state index contributed by atoms with van der Waals surface area (Å²) in [5.74, 6) is -0.831. The number of nitro groups is 1. The summed E-state index contributed by atoms with van der Waals surface area (Å²) in [6.07, 6.45) is -2.85. The normalized spacial score (nSPS) is 10.5. The number of alkyl halides is 2. The fraction of sp³-hybridized carbons (Fsp3) is 0.286. The molecule has 8 heteroatoms. The van der Waals surface area contributed by atoms with E-state index < -0.39 is 22.9 Å². The average molecular weight is 330 g/mol. The van der Waals surface area contributed by atoms with Gasteiger partial charge in [0.05, 0.1) is 10.7 Å². The number of nitrogens with zero attached hydrogens (tertiary/aromatic N) is 2. The first kappa shape index (κ1) is 12.0. The van der Waals surface area contributed by atoms with Gasteiger partial charge in [-0.15, -0.1) is 0 Å². The summed E-state index contributed by atoms with van der Waals surface area (Å²) in [4.78, 5) is 12.9. The highest BCUT2D eigenvalue weighted by atomic mass is 127. The van der Waals surface area contributed by atoms with Gasteiger partial charge in [-0.1, -0.05) is 0 Å². The molecule has 1 rings (SSSR count). The molecule has 0 amide bonds. The minimum Gasteiger partial charge on any atom is -0.489 e. The van der Waals surface area contributed by atoms with E-state index in [0.29, 0.717) is 0 Å². The molecule has 0 spiro atoms. The van der Waals surface area contributed by atoms with E-state index in [4.69, 9.17) is 0 Å². The maximum Gasteiger partial charge on any atom is 0.406 e. The first-order valence-corrected chi connectivity index (χ1v) is 4.72. The first-order valence-electron chi connectivity index (χ1n) is 3.64. The largest absolute Gasteiger partial charge is 0.489 e. The lowest BCUT2D eigenvalue weighted by Gasteiger charge is -2.03. The number of hydrogen-bond acceptors (Lipinski definition) is 4. The van der Waals surface area contributed by atoms with Gasteiger partial charge in [-0.3, -0.25) is 0 Å². The minimum atomic E-state index is -2.85. The molecule has 1 aromatic heterocycles. The molecule has 0 unspecified atom stereocenters.